The summed E-state index contributed by atoms with van der Waals surface area (Å²) in [6.45, 7) is 4.55. The van der Waals surface area contributed by atoms with E-state index in [1.165, 1.54) is 5.56 Å². The van der Waals surface area contributed by atoms with E-state index < -0.39 is 0 Å². The number of nitrogens with zero attached hydrogens (tertiary/aromatic N) is 2. The van der Waals surface area contributed by atoms with Crippen LogP contribution < -0.4 is 10.9 Å². The molecule has 2 N–H and O–H groups in total. The monoisotopic (exact) mass is 283 g/mol. The van der Waals surface area contributed by atoms with Gasteiger partial charge in [-0.05, 0) is 36.6 Å². The fourth-order valence-corrected chi connectivity index (χ4v) is 2.11. The van der Waals surface area contributed by atoms with Gasteiger partial charge in [0.2, 0.25) is 0 Å². The lowest BCUT2D eigenvalue weighted by atomic mass is 10.1. The van der Waals surface area contributed by atoms with Gasteiger partial charge in [-0.15, -0.1) is 0 Å². The number of rotatable bonds is 5. The Balaban J connectivity index is 2.07. The fraction of sp³-hybridized carbons (Fsp3) is 0.235. The maximum Gasteiger partial charge on any atom is 0.142 e. The lowest BCUT2D eigenvalue weighted by Crippen LogP contribution is -2.26. The van der Waals surface area contributed by atoms with E-state index in [0.29, 0.717) is 6.61 Å². The van der Waals surface area contributed by atoms with Crippen LogP contribution in [0.1, 0.15) is 22.3 Å². The van der Waals surface area contributed by atoms with Crippen LogP contribution in [0, 0.1) is 13.8 Å². The van der Waals surface area contributed by atoms with Crippen molar-refractivity contribution >= 4 is 11.9 Å². The van der Waals surface area contributed by atoms with Crippen LogP contribution in [-0.4, -0.2) is 13.3 Å². The molecule has 0 saturated carbocycles. The Morgan fingerprint density at radius 2 is 1.81 bits per heavy atom. The molecule has 0 amide bonds. The molecule has 0 radical (unpaired) electrons. The summed E-state index contributed by atoms with van der Waals surface area (Å²) in [7, 11) is 1.81. The minimum Gasteiger partial charge on any atom is -0.391 e. The van der Waals surface area contributed by atoms with Gasteiger partial charge in [0.05, 0.1) is 11.9 Å². The average molecular weight is 283 g/mol. The number of hydrogen-bond acceptors (Lipinski definition) is 4. The zero-order valence-electron chi connectivity index (χ0n) is 12.7. The van der Waals surface area contributed by atoms with Crippen LogP contribution in [0.3, 0.4) is 0 Å². The third-order valence-electron chi connectivity index (χ3n) is 3.42. The van der Waals surface area contributed by atoms with Crippen molar-refractivity contribution in [2.75, 3.05) is 12.1 Å². The van der Waals surface area contributed by atoms with Crippen molar-refractivity contribution in [1.29, 1.82) is 0 Å². The molecule has 4 heteroatoms. The van der Waals surface area contributed by atoms with E-state index in [2.05, 4.69) is 18.1 Å². The third kappa shape index (κ3) is 3.83. The van der Waals surface area contributed by atoms with Gasteiger partial charge in [-0.2, -0.15) is 0 Å². The zero-order valence-corrected chi connectivity index (χ0v) is 12.7. The maximum atomic E-state index is 5.83. The van der Waals surface area contributed by atoms with Gasteiger partial charge in [-0.1, -0.05) is 41.6 Å². The number of anilines is 1. The second kappa shape index (κ2) is 6.90. The van der Waals surface area contributed by atoms with Crippen molar-refractivity contribution in [1.82, 2.24) is 0 Å². The lowest BCUT2D eigenvalue weighted by Gasteiger charge is -2.16. The van der Waals surface area contributed by atoms with Crippen LogP contribution in [0.25, 0.3) is 0 Å². The van der Waals surface area contributed by atoms with Crippen LogP contribution in [0.4, 0.5) is 5.69 Å². The van der Waals surface area contributed by atoms with Gasteiger partial charge in [0.25, 0.3) is 0 Å². The summed E-state index contributed by atoms with van der Waals surface area (Å²) >= 11 is 0. The normalized spacial score (nSPS) is 10.9. The van der Waals surface area contributed by atoms with Gasteiger partial charge in [0.15, 0.2) is 0 Å². The quantitative estimate of drug-likeness (QED) is 0.521. The van der Waals surface area contributed by atoms with Crippen LogP contribution in [-0.2, 0) is 11.4 Å². The summed E-state index contributed by atoms with van der Waals surface area (Å²) in [4.78, 5) is 5.40. The van der Waals surface area contributed by atoms with E-state index in [-0.39, 0.29) is 0 Å². The lowest BCUT2D eigenvalue weighted by molar-refractivity contribution is 0.131. The predicted octanol–water partition coefficient (Wildman–Crippen LogP) is 3.16. The highest BCUT2D eigenvalue weighted by Gasteiger charge is 2.05. The summed E-state index contributed by atoms with van der Waals surface area (Å²) in [5, 5.41) is 5.65. The first-order valence-electron chi connectivity index (χ1n) is 6.87. The van der Waals surface area contributed by atoms with E-state index >= 15 is 0 Å². The number of benzene rings is 2. The first kappa shape index (κ1) is 15.1. The van der Waals surface area contributed by atoms with E-state index in [1.54, 1.807) is 18.3 Å². The number of hydrogen-bond donors (Lipinski definition) is 1. The van der Waals surface area contributed by atoms with Gasteiger partial charge in [0.1, 0.15) is 6.61 Å². The second-order valence-electron chi connectivity index (χ2n) is 5.05. The van der Waals surface area contributed by atoms with E-state index in [1.807, 2.05) is 43.3 Å². The zero-order chi connectivity index (χ0) is 15.2. The van der Waals surface area contributed by atoms with Gasteiger partial charge >= 0.3 is 0 Å². The Bertz CT molecular complexity index is 636. The molecule has 0 saturated heterocycles. The molecule has 0 unspecified atom stereocenters. The van der Waals surface area contributed by atoms with Gasteiger partial charge in [-0.3, -0.25) is 0 Å². The van der Waals surface area contributed by atoms with Crippen molar-refractivity contribution < 1.29 is 4.84 Å². The largest absolute Gasteiger partial charge is 0.391 e. The molecular weight excluding hydrogens is 262 g/mol. The molecule has 2 aromatic rings. The van der Waals surface area contributed by atoms with Gasteiger partial charge in [0, 0.05) is 12.6 Å². The minimum atomic E-state index is 0.461. The smallest absolute Gasteiger partial charge is 0.142 e. The third-order valence-corrected chi connectivity index (χ3v) is 3.42. The molecule has 2 rings (SSSR count). The number of hydrazine groups is 1. The molecule has 0 spiro atoms. The average Bonchev–Trinajstić information content (AvgIpc) is 2.46. The molecule has 0 aromatic heterocycles. The number of nitrogens with two attached hydrogens (primary N) is 1. The standard InChI is InChI=1S/C17H21N3O/c1-13-7-4-5-9-15(13)12-21-19-11-16-14(2)8-6-10-17(16)20(3)18/h4-11H,12,18H2,1-3H3/b19-11-. The summed E-state index contributed by atoms with van der Waals surface area (Å²) in [5.41, 5.74) is 5.32. The van der Waals surface area contributed by atoms with Crippen LogP contribution >= 0.6 is 0 Å². The first-order valence-corrected chi connectivity index (χ1v) is 6.87. The highest BCUT2D eigenvalue weighted by atomic mass is 16.6. The Hall–Kier alpha value is -2.33. The molecular formula is C17H21N3O. The Kier molecular flexibility index (Phi) is 4.95. The van der Waals surface area contributed by atoms with Crippen molar-refractivity contribution in [3.63, 3.8) is 0 Å². The molecule has 0 aliphatic carbocycles. The van der Waals surface area contributed by atoms with E-state index in [4.69, 9.17) is 10.7 Å². The molecule has 0 heterocycles. The van der Waals surface area contributed by atoms with Crippen LogP contribution in [0.5, 0.6) is 0 Å². The summed E-state index contributed by atoms with van der Waals surface area (Å²) in [6, 6.07) is 14.1. The molecule has 0 aliphatic heterocycles. The summed E-state index contributed by atoms with van der Waals surface area (Å²) in [6.07, 6.45) is 1.71. The first-order chi connectivity index (χ1) is 10.1. The Morgan fingerprint density at radius 1 is 1.10 bits per heavy atom. The highest BCUT2D eigenvalue weighted by molar-refractivity contribution is 5.89. The topological polar surface area (TPSA) is 50.8 Å². The summed E-state index contributed by atoms with van der Waals surface area (Å²) in [5.74, 6) is 5.83. The van der Waals surface area contributed by atoms with E-state index in [0.717, 1.165) is 22.4 Å². The van der Waals surface area contributed by atoms with E-state index in [9.17, 15) is 0 Å². The van der Waals surface area contributed by atoms with Crippen molar-refractivity contribution in [2.24, 2.45) is 11.0 Å². The molecule has 0 fully saturated rings. The number of oxime groups is 1. The Morgan fingerprint density at radius 3 is 2.52 bits per heavy atom. The SMILES string of the molecule is Cc1ccccc1CO/N=C\c1c(C)cccc1N(C)N. The van der Waals surface area contributed by atoms with Gasteiger partial charge in [-0.25, -0.2) is 5.84 Å². The molecule has 0 atom stereocenters. The summed E-state index contributed by atoms with van der Waals surface area (Å²) < 4.78 is 0. The van der Waals surface area contributed by atoms with Crippen molar-refractivity contribution in [3.05, 3.63) is 64.7 Å². The second-order valence-corrected chi connectivity index (χ2v) is 5.05. The van der Waals surface area contributed by atoms with Crippen LogP contribution in [0.15, 0.2) is 47.6 Å². The number of aryl methyl sites for hydroxylation is 2. The minimum absolute atomic E-state index is 0.461. The predicted molar refractivity (Wildman–Crippen MR) is 87.3 cm³/mol. The molecule has 110 valence electrons. The molecule has 2 aromatic carbocycles. The highest BCUT2D eigenvalue weighted by Crippen LogP contribution is 2.19. The van der Waals surface area contributed by atoms with Crippen LogP contribution in [0.2, 0.25) is 0 Å². The fourth-order valence-electron chi connectivity index (χ4n) is 2.11. The Labute approximate surface area is 125 Å². The van der Waals surface area contributed by atoms with Crippen molar-refractivity contribution in [3.8, 4) is 0 Å². The van der Waals surface area contributed by atoms with Crippen molar-refractivity contribution in [2.45, 2.75) is 20.5 Å². The molecule has 21 heavy (non-hydrogen) atoms. The van der Waals surface area contributed by atoms with Gasteiger partial charge < -0.3 is 9.85 Å². The maximum absolute atomic E-state index is 5.83. The molecule has 0 bridgehead atoms. The molecule has 4 nitrogen and oxygen atoms in total. The molecule has 0 aliphatic rings.